The van der Waals surface area contributed by atoms with Crippen molar-refractivity contribution in [2.24, 2.45) is 0 Å². The van der Waals surface area contributed by atoms with Gasteiger partial charge in [0.15, 0.2) is 0 Å². The molecule has 0 saturated carbocycles. The van der Waals surface area contributed by atoms with Crippen LogP contribution >= 0.6 is 0 Å². The van der Waals surface area contributed by atoms with Crippen LogP contribution in [0.3, 0.4) is 0 Å². The second-order valence-corrected chi connectivity index (χ2v) is 14.1. The van der Waals surface area contributed by atoms with Crippen molar-refractivity contribution in [2.45, 2.75) is 6.42 Å². The van der Waals surface area contributed by atoms with E-state index in [-0.39, 0.29) is 0 Å². The molecule has 0 bridgehead atoms. The van der Waals surface area contributed by atoms with Crippen LogP contribution in [0.1, 0.15) is 16.7 Å². The van der Waals surface area contributed by atoms with E-state index in [1.807, 2.05) is 0 Å². The second-order valence-electron chi connectivity index (χ2n) is 14.1. The van der Waals surface area contributed by atoms with Crippen LogP contribution in [-0.4, -0.2) is 4.98 Å². The monoisotopic (exact) mass is 659 g/mol. The normalized spacial score (nSPS) is 13.3. The van der Waals surface area contributed by atoms with E-state index in [1.165, 1.54) is 110 Å². The summed E-state index contributed by atoms with van der Waals surface area (Å²) in [5.74, 6) is 0. The number of hydrogen-bond donors (Lipinski definition) is 1. The third kappa shape index (κ3) is 4.43. The van der Waals surface area contributed by atoms with Gasteiger partial charge in [0, 0.05) is 21.7 Å². The maximum absolute atomic E-state index is 3.90. The zero-order valence-electron chi connectivity index (χ0n) is 28.5. The largest absolute Gasteiger partial charge is 0.354 e. The molecule has 1 heterocycles. The van der Waals surface area contributed by atoms with Crippen LogP contribution < -0.4 is 0 Å². The smallest absolute Gasteiger partial charge is 0.0551 e. The summed E-state index contributed by atoms with van der Waals surface area (Å²) in [6.07, 6.45) is 3.26. The minimum Gasteiger partial charge on any atom is -0.354 e. The van der Waals surface area contributed by atoms with Crippen LogP contribution in [0.5, 0.6) is 0 Å². The Bertz CT molecular complexity index is 3070. The first-order valence-corrected chi connectivity index (χ1v) is 18.1. The summed E-state index contributed by atoms with van der Waals surface area (Å²) in [5, 5.41) is 10.2. The Morgan fingerprint density at radius 3 is 1.96 bits per heavy atom. The lowest BCUT2D eigenvalue weighted by Crippen LogP contribution is -2.07. The Hall–Kier alpha value is -6.70. The van der Waals surface area contributed by atoms with Gasteiger partial charge in [0.1, 0.15) is 0 Å². The summed E-state index contributed by atoms with van der Waals surface area (Å²) in [6, 6.07) is 64.7. The summed E-state index contributed by atoms with van der Waals surface area (Å²) >= 11 is 0. The summed E-state index contributed by atoms with van der Waals surface area (Å²) in [4.78, 5) is 3.90. The molecule has 1 aliphatic carbocycles. The molecule has 1 heteroatoms. The predicted molar refractivity (Wildman–Crippen MR) is 223 cm³/mol. The van der Waals surface area contributed by atoms with Crippen LogP contribution in [0, 0.1) is 0 Å². The number of fused-ring (bicyclic) bond motifs is 13. The molecule has 0 atom stereocenters. The van der Waals surface area contributed by atoms with Crippen molar-refractivity contribution in [3.05, 3.63) is 193 Å². The van der Waals surface area contributed by atoms with Gasteiger partial charge in [-0.3, -0.25) is 0 Å². The summed E-state index contributed by atoms with van der Waals surface area (Å²) < 4.78 is 0. The summed E-state index contributed by atoms with van der Waals surface area (Å²) in [5.41, 5.74) is 15.3. The average molecular weight is 660 g/mol. The number of rotatable bonds is 3. The lowest BCUT2D eigenvalue weighted by molar-refractivity contribution is 1.30. The van der Waals surface area contributed by atoms with Crippen LogP contribution in [0.4, 0.5) is 0 Å². The fourth-order valence-corrected chi connectivity index (χ4v) is 8.86. The third-order valence-electron chi connectivity index (χ3n) is 11.2. The van der Waals surface area contributed by atoms with Crippen LogP contribution in [0.15, 0.2) is 176 Å². The molecule has 0 spiro atoms. The fourth-order valence-electron chi connectivity index (χ4n) is 8.86. The van der Waals surface area contributed by atoms with Crippen LogP contribution in [-0.2, 0) is 6.42 Å². The Balaban J connectivity index is 1.32. The van der Waals surface area contributed by atoms with E-state index in [0.717, 1.165) is 6.42 Å². The van der Waals surface area contributed by atoms with Crippen molar-refractivity contribution in [3.8, 4) is 33.4 Å². The number of para-hydroxylation sites is 1. The van der Waals surface area contributed by atoms with Gasteiger partial charge in [-0.2, -0.15) is 0 Å². The minimum absolute atomic E-state index is 0.834. The predicted octanol–water partition coefficient (Wildman–Crippen LogP) is 13.9. The Morgan fingerprint density at radius 2 is 1.12 bits per heavy atom. The molecule has 1 nitrogen and oxygen atoms in total. The Morgan fingerprint density at radius 1 is 0.423 bits per heavy atom. The van der Waals surface area contributed by atoms with Gasteiger partial charge in [-0.25, -0.2) is 0 Å². The number of aromatic amines is 1. The Kier molecular flexibility index (Phi) is 6.38. The molecule has 0 radical (unpaired) electrons. The Labute approximate surface area is 302 Å². The highest BCUT2D eigenvalue weighted by atomic mass is 14.7. The molecule has 1 aliphatic rings. The first-order valence-electron chi connectivity index (χ1n) is 18.1. The topological polar surface area (TPSA) is 15.8 Å². The highest BCUT2D eigenvalue weighted by Crippen LogP contribution is 2.53. The molecule has 9 aromatic carbocycles. The van der Waals surface area contributed by atoms with E-state index in [0.29, 0.717) is 0 Å². The molecule has 1 aromatic heterocycles. The molecule has 11 rings (SSSR count). The van der Waals surface area contributed by atoms with E-state index in [4.69, 9.17) is 0 Å². The van der Waals surface area contributed by atoms with Crippen molar-refractivity contribution in [1.82, 2.24) is 4.98 Å². The SMILES string of the molecule is C(=C1\Cc2c(c3c4ccccc4[nH]c3c3ccc(-c4ccccc4)cc23)-c2cc(-c3ccc4ccccc4c3)c3ccccc3c21)/c1ccccc1. The van der Waals surface area contributed by atoms with Gasteiger partial charge in [-0.1, -0.05) is 158 Å². The molecule has 1 N–H and O–H groups in total. The van der Waals surface area contributed by atoms with Crippen LogP contribution in [0.25, 0.3) is 99.2 Å². The second kappa shape index (κ2) is 11.4. The minimum atomic E-state index is 0.834. The molecule has 0 unspecified atom stereocenters. The van der Waals surface area contributed by atoms with Crippen molar-refractivity contribution in [3.63, 3.8) is 0 Å². The number of benzene rings is 9. The van der Waals surface area contributed by atoms with Crippen molar-refractivity contribution in [2.75, 3.05) is 0 Å². The number of hydrogen-bond acceptors (Lipinski definition) is 0. The number of H-pyrrole nitrogens is 1. The molecule has 0 saturated heterocycles. The summed E-state index contributed by atoms with van der Waals surface area (Å²) in [7, 11) is 0. The van der Waals surface area contributed by atoms with Crippen molar-refractivity contribution >= 4 is 65.8 Å². The number of allylic oxidation sites excluding steroid dienone is 1. The summed E-state index contributed by atoms with van der Waals surface area (Å²) in [6.45, 7) is 0. The first-order chi connectivity index (χ1) is 25.8. The molecule has 0 amide bonds. The maximum Gasteiger partial charge on any atom is 0.0551 e. The van der Waals surface area contributed by atoms with Gasteiger partial charge >= 0.3 is 0 Å². The maximum atomic E-state index is 3.90. The molecular weight excluding hydrogens is 627 g/mol. The molecule has 0 fully saturated rings. The van der Waals surface area contributed by atoms with Crippen molar-refractivity contribution in [1.29, 1.82) is 0 Å². The van der Waals surface area contributed by atoms with E-state index in [2.05, 4.69) is 187 Å². The van der Waals surface area contributed by atoms with Gasteiger partial charge in [-0.15, -0.1) is 0 Å². The highest BCUT2D eigenvalue weighted by molar-refractivity contribution is 6.27. The zero-order chi connectivity index (χ0) is 34.2. The van der Waals surface area contributed by atoms with Crippen LogP contribution in [0.2, 0.25) is 0 Å². The quantitative estimate of drug-likeness (QED) is 0.194. The number of nitrogens with one attached hydrogen (secondary N) is 1. The fraction of sp³-hybridized carbons (Fsp3) is 0.0196. The van der Waals surface area contributed by atoms with E-state index < -0.39 is 0 Å². The molecule has 10 aromatic rings. The first kappa shape index (κ1) is 29.1. The van der Waals surface area contributed by atoms with Gasteiger partial charge in [0.2, 0.25) is 0 Å². The van der Waals surface area contributed by atoms with E-state index in [9.17, 15) is 0 Å². The van der Waals surface area contributed by atoms with Gasteiger partial charge in [0.25, 0.3) is 0 Å². The van der Waals surface area contributed by atoms with Gasteiger partial charge in [0.05, 0.1) is 5.52 Å². The van der Waals surface area contributed by atoms with Gasteiger partial charge < -0.3 is 4.98 Å². The standard InChI is InChI=1S/C51H33N/c1-3-13-32(14-4-1)27-38-30-45-44-29-36(33-15-5-2-6-16-33)25-26-41(44)51-50(42-21-11-12-22-47(42)52-51)49(45)46-31-43(39-19-9-10-20-40(39)48(38)46)37-24-23-34-17-7-8-18-35(34)28-37/h1-29,31,52H,30H2/b38-27-. The molecule has 242 valence electrons. The van der Waals surface area contributed by atoms with E-state index >= 15 is 0 Å². The van der Waals surface area contributed by atoms with Crippen molar-refractivity contribution < 1.29 is 0 Å². The zero-order valence-corrected chi connectivity index (χ0v) is 28.5. The van der Waals surface area contributed by atoms with Gasteiger partial charge in [-0.05, 0) is 113 Å². The van der Waals surface area contributed by atoms with E-state index in [1.54, 1.807) is 0 Å². The highest BCUT2D eigenvalue weighted by Gasteiger charge is 2.29. The molecular formula is C51H33N. The third-order valence-corrected chi connectivity index (χ3v) is 11.2. The number of aromatic nitrogens is 1. The lowest BCUT2D eigenvalue weighted by Gasteiger charge is -2.28. The average Bonchev–Trinajstić information content (AvgIpc) is 3.60. The lowest BCUT2D eigenvalue weighted by atomic mass is 9.74. The molecule has 52 heavy (non-hydrogen) atoms. The molecule has 0 aliphatic heterocycles.